The molecule has 0 unspecified atom stereocenters. The van der Waals surface area contributed by atoms with Crippen molar-refractivity contribution >= 4 is 39.1 Å². The molecule has 10 heteroatoms. The van der Waals surface area contributed by atoms with Crippen molar-refractivity contribution in [3.8, 4) is 11.4 Å². The van der Waals surface area contributed by atoms with Gasteiger partial charge in [0.25, 0.3) is 0 Å². The highest BCUT2D eigenvalue weighted by molar-refractivity contribution is 7.99. The number of carbonyl (C=O) groups is 1. The topological polar surface area (TPSA) is 94.0 Å². The van der Waals surface area contributed by atoms with E-state index in [2.05, 4.69) is 15.5 Å². The van der Waals surface area contributed by atoms with E-state index in [1.165, 1.54) is 11.8 Å². The first kappa shape index (κ1) is 19.2. The standard InChI is InChI=1S/C16H19ClN4O3S2/c1-2-21-15(11-3-5-12(17)6-4-11)19-20-16(21)25-9-14(22)18-13-7-8-26(23,24)10-13/h3-6,13H,2,7-10H2,1H3,(H,18,22)/t13-/m0/s1. The Hall–Kier alpha value is -1.58. The van der Waals surface area contributed by atoms with E-state index in [9.17, 15) is 13.2 Å². The Morgan fingerprint density at radius 2 is 2.08 bits per heavy atom. The number of benzene rings is 1. The predicted octanol–water partition coefficient (Wildman–Crippen LogP) is 2.01. The fourth-order valence-corrected chi connectivity index (χ4v) is 5.41. The van der Waals surface area contributed by atoms with Gasteiger partial charge < -0.3 is 9.88 Å². The van der Waals surface area contributed by atoms with E-state index in [1.54, 1.807) is 12.1 Å². The number of halogens is 1. The van der Waals surface area contributed by atoms with Gasteiger partial charge in [0.1, 0.15) is 0 Å². The number of hydrogen-bond acceptors (Lipinski definition) is 6. The van der Waals surface area contributed by atoms with Gasteiger partial charge in [0.15, 0.2) is 20.8 Å². The summed E-state index contributed by atoms with van der Waals surface area (Å²) in [6, 6.07) is 7.05. The molecule has 2 heterocycles. The zero-order chi connectivity index (χ0) is 18.7. The van der Waals surface area contributed by atoms with Crippen LogP contribution in [0.15, 0.2) is 29.4 Å². The van der Waals surface area contributed by atoms with Crippen molar-refractivity contribution in [2.75, 3.05) is 17.3 Å². The lowest BCUT2D eigenvalue weighted by Crippen LogP contribution is -2.36. The normalized spacial score (nSPS) is 18.8. The van der Waals surface area contributed by atoms with E-state index in [1.807, 2.05) is 23.6 Å². The average molecular weight is 415 g/mol. The Bertz CT molecular complexity index is 897. The van der Waals surface area contributed by atoms with Gasteiger partial charge in [-0.15, -0.1) is 10.2 Å². The van der Waals surface area contributed by atoms with Gasteiger partial charge in [-0.2, -0.15) is 0 Å². The first-order chi connectivity index (χ1) is 12.4. The quantitative estimate of drug-likeness (QED) is 0.726. The highest BCUT2D eigenvalue weighted by Crippen LogP contribution is 2.25. The van der Waals surface area contributed by atoms with Gasteiger partial charge in [-0.05, 0) is 37.6 Å². The van der Waals surface area contributed by atoms with Crippen LogP contribution < -0.4 is 5.32 Å². The average Bonchev–Trinajstić information content (AvgIpc) is 3.16. The molecule has 1 aromatic carbocycles. The van der Waals surface area contributed by atoms with Crippen molar-refractivity contribution in [1.29, 1.82) is 0 Å². The summed E-state index contributed by atoms with van der Waals surface area (Å²) in [5.41, 5.74) is 0.899. The predicted molar refractivity (Wildman–Crippen MR) is 102 cm³/mol. The number of nitrogens with zero attached hydrogens (tertiary/aromatic N) is 3. The van der Waals surface area contributed by atoms with Gasteiger partial charge in [-0.1, -0.05) is 23.4 Å². The van der Waals surface area contributed by atoms with Crippen LogP contribution in [0.2, 0.25) is 5.02 Å². The molecule has 7 nitrogen and oxygen atoms in total. The van der Waals surface area contributed by atoms with E-state index < -0.39 is 9.84 Å². The number of sulfone groups is 1. The van der Waals surface area contributed by atoms with E-state index in [4.69, 9.17) is 11.6 Å². The van der Waals surface area contributed by atoms with Gasteiger partial charge >= 0.3 is 0 Å². The molecule has 0 aliphatic carbocycles. The minimum Gasteiger partial charge on any atom is -0.352 e. The Balaban J connectivity index is 1.63. The molecule has 1 aliphatic heterocycles. The Morgan fingerprint density at radius 3 is 2.69 bits per heavy atom. The number of carbonyl (C=O) groups excluding carboxylic acids is 1. The summed E-state index contributed by atoms with van der Waals surface area (Å²) in [5.74, 6) is 0.842. The van der Waals surface area contributed by atoms with Gasteiger partial charge in [0, 0.05) is 23.2 Å². The number of amides is 1. The summed E-state index contributed by atoms with van der Waals surface area (Å²) in [6.07, 6.45) is 0.477. The van der Waals surface area contributed by atoms with Crippen LogP contribution in [-0.2, 0) is 21.2 Å². The SMILES string of the molecule is CCn1c(SCC(=O)N[C@H]2CCS(=O)(=O)C2)nnc1-c1ccc(Cl)cc1. The fourth-order valence-electron chi connectivity index (χ4n) is 2.80. The zero-order valence-corrected chi connectivity index (χ0v) is 16.6. The van der Waals surface area contributed by atoms with Gasteiger partial charge in [-0.25, -0.2) is 8.42 Å². The van der Waals surface area contributed by atoms with Crippen molar-refractivity contribution in [1.82, 2.24) is 20.1 Å². The molecule has 1 N–H and O–H groups in total. The summed E-state index contributed by atoms with van der Waals surface area (Å²) < 4.78 is 24.8. The van der Waals surface area contributed by atoms with Crippen LogP contribution >= 0.6 is 23.4 Å². The number of rotatable bonds is 6. The lowest BCUT2D eigenvalue weighted by molar-refractivity contribution is -0.119. The number of nitrogens with one attached hydrogen (secondary N) is 1. The summed E-state index contributed by atoms with van der Waals surface area (Å²) in [6.45, 7) is 2.64. The molecule has 0 saturated carbocycles. The van der Waals surface area contributed by atoms with Gasteiger partial charge in [0.05, 0.1) is 17.3 Å². The van der Waals surface area contributed by atoms with Crippen LogP contribution in [0.4, 0.5) is 0 Å². The molecule has 0 radical (unpaired) electrons. The molecule has 2 aromatic rings. The van der Waals surface area contributed by atoms with Crippen molar-refractivity contribution in [3.05, 3.63) is 29.3 Å². The van der Waals surface area contributed by atoms with Crippen LogP contribution in [0.1, 0.15) is 13.3 Å². The Labute approximate surface area is 161 Å². The minimum absolute atomic E-state index is 0.0231. The first-order valence-electron chi connectivity index (χ1n) is 8.19. The molecule has 1 saturated heterocycles. The maximum atomic E-state index is 12.1. The van der Waals surface area contributed by atoms with E-state index >= 15 is 0 Å². The van der Waals surface area contributed by atoms with Crippen molar-refractivity contribution in [2.45, 2.75) is 31.1 Å². The highest BCUT2D eigenvalue weighted by atomic mass is 35.5. The largest absolute Gasteiger partial charge is 0.352 e. The summed E-state index contributed by atoms with van der Waals surface area (Å²) >= 11 is 7.20. The zero-order valence-electron chi connectivity index (χ0n) is 14.2. The smallest absolute Gasteiger partial charge is 0.230 e. The number of aromatic nitrogens is 3. The van der Waals surface area contributed by atoms with Crippen molar-refractivity contribution in [3.63, 3.8) is 0 Å². The lowest BCUT2D eigenvalue weighted by atomic mass is 10.2. The lowest BCUT2D eigenvalue weighted by Gasteiger charge is -2.11. The molecule has 26 heavy (non-hydrogen) atoms. The van der Waals surface area contributed by atoms with E-state index in [-0.39, 0.29) is 29.2 Å². The molecule has 1 aromatic heterocycles. The fraction of sp³-hybridized carbons (Fsp3) is 0.438. The molecule has 140 valence electrons. The van der Waals surface area contributed by atoms with E-state index in [0.717, 1.165) is 5.56 Å². The minimum atomic E-state index is -3.01. The van der Waals surface area contributed by atoms with Crippen LogP contribution in [0.5, 0.6) is 0 Å². The van der Waals surface area contributed by atoms with Crippen molar-refractivity contribution in [2.24, 2.45) is 0 Å². The second-order valence-corrected chi connectivity index (χ2v) is 9.62. The number of thioether (sulfide) groups is 1. The van der Waals surface area contributed by atoms with Crippen LogP contribution in [0, 0.1) is 0 Å². The Kier molecular flexibility index (Phi) is 5.89. The second-order valence-electron chi connectivity index (χ2n) is 6.01. The molecule has 0 spiro atoms. The highest BCUT2D eigenvalue weighted by Gasteiger charge is 2.29. The molecule has 1 atom stereocenters. The molecular weight excluding hydrogens is 396 g/mol. The molecule has 1 aliphatic rings. The van der Waals surface area contributed by atoms with Crippen LogP contribution in [-0.4, -0.2) is 52.4 Å². The second kappa shape index (κ2) is 7.98. The molecule has 3 rings (SSSR count). The van der Waals surface area contributed by atoms with Gasteiger partial charge in [0.2, 0.25) is 5.91 Å². The third-order valence-corrected chi connectivity index (χ3v) is 7.05. The maximum absolute atomic E-state index is 12.1. The first-order valence-corrected chi connectivity index (χ1v) is 11.4. The molecule has 1 amide bonds. The maximum Gasteiger partial charge on any atom is 0.230 e. The monoisotopic (exact) mass is 414 g/mol. The third kappa shape index (κ3) is 4.57. The molecular formula is C16H19ClN4O3S2. The number of hydrogen-bond donors (Lipinski definition) is 1. The van der Waals surface area contributed by atoms with Gasteiger partial charge in [-0.3, -0.25) is 4.79 Å². The third-order valence-electron chi connectivity index (χ3n) is 4.07. The molecule has 1 fully saturated rings. The van der Waals surface area contributed by atoms with Crippen LogP contribution in [0.25, 0.3) is 11.4 Å². The summed E-state index contributed by atoms with van der Waals surface area (Å²) in [7, 11) is -3.01. The van der Waals surface area contributed by atoms with Crippen LogP contribution in [0.3, 0.4) is 0 Å². The molecule has 0 bridgehead atoms. The summed E-state index contributed by atoms with van der Waals surface area (Å²) in [5, 5.41) is 12.5. The van der Waals surface area contributed by atoms with Crippen molar-refractivity contribution < 1.29 is 13.2 Å². The Morgan fingerprint density at radius 1 is 1.35 bits per heavy atom. The van der Waals surface area contributed by atoms with E-state index in [0.29, 0.717) is 29.0 Å². The summed E-state index contributed by atoms with van der Waals surface area (Å²) in [4.78, 5) is 12.1.